The minimum Gasteiger partial charge on any atom is -0.367 e. The fourth-order valence-electron chi connectivity index (χ4n) is 2.08. The highest BCUT2D eigenvalue weighted by molar-refractivity contribution is 7.99. The predicted molar refractivity (Wildman–Crippen MR) is 87.2 cm³/mol. The van der Waals surface area contributed by atoms with Crippen LogP contribution in [-0.2, 0) is 0 Å². The van der Waals surface area contributed by atoms with Crippen molar-refractivity contribution in [3.8, 4) is 0 Å². The quantitative estimate of drug-likeness (QED) is 0.786. The van der Waals surface area contributed by atoms with Crippen LogP contribution >= 0.6 is 11.8 Å². The number of aromatic nitrogens is 1. The molecule has 3 heteroatoms. The van der Waals surface area contributed by atoms with Crippen molar-refractivity contribution in [1.29, 1.82) is 0 Å². The van der Waals surface area contributed by atoms with Crippen LogP contribution in [0.3, 0.4) is 0 Å². The molecule has 1 unspecified atom stereocenters. The fourth-order valence-corrected chi connectivity index (χ4v) is 2.89. The molecule has 1 heterocycles. The highest BCUT2D eigenvalue weighted by atomic mass is 32.2. The van der Waals surface area contributed by atoms with Crippen molar-refractivity contribution in [3.63, 3.8) is 0 Å². The van der Waals surface area contributed by atoms with E-state index in [1.807, 2.05) is 17.8 Å². The third kappa shape index (κ3) is 3.87. The van der Waals surface area contributed by atoms with E-state index < -0.39 is 0 Å². The van der Waals surface area contributed by atoms with Crippen LogP contribution in [0, 0.1) is 6.92 Å². The molecule has 0 saturated carbocycles. The number of aryl methyl sites for hydroxylation is 1. The largest absolute Gasteiger partial charge is 0.367 e. The Bertz CT molecular complexity index is 539. The van der Waals surface area contributed by atoms with Crippen LogP contribution in [0.5, 0.6) is 0 Å². The van der Waals surface area contributed by atoms with Gasteiger partial charge in [-0.1, -0.05) is 25.1 Å². The third-order valence-corrected chi connectivity index (χ3v) is 4.13. The molecule has 0 spiro atoms. The fraction of sp³-hybridized carbons (Fsp3) is 0.438. The van der Waals surface area contributed by atoms with E-state index in [9.17, 15) is 0 Å². The van der Waals surface area contributed by atoms with Crippen LogP contribution in [0.4, 0.5) is 5.82 Å². The molecule has 1 atom stereocenters. The molecule has 2 aromatic rings. The summed E-state index contributed by atoms with van der Waals surface area (Å²) in [6, 6.07) is 10.9. The average Bonchev–Trinajstić information content (AvgIpc) is 2.40. The molecule has 0 aliphatic rings. The van der Waals surface area contributed by atoms with Crippen LogP contribution in [0.25, 0.3) is 10.9 Å². The van der Waals surface area contributed by atoms with Crippen LogP contribution in [0.1, 0.15) is 25.8 Å². The Hall–Kier alpha value is -1.22. The molecule has 1 aromatic heterocycles. The van der Waals surface area contributed by atoms with Gasteiger partial charge >= 0.3 is 0 Å². The summed E-state index contributed by atoms with van der Waals surface area (Å²) in [5.41, 5.74) is 2.28. The van der Waals surface area contributed by atoms with Gasteiger partial charge in [0.25, 0.3) is 0 Å². The van der Waals surface area contributed by atoms with Crippen molar-refractivity contribution in [2.45, 2.75) is 33.2 Å². The molecule has 0 aliphatic carbocycles. The van der Waals surface area contributed by atoms with E-state index in [4.69, 9.17) is 4.98 Å². The van der Waals surface area contributed by atoms with Gasteiger partial charge in [0.05, 0.1) is 5.52 Å². The molecule has 2 nitrogen and oxygen atoms in total. The van der Waals surface area contributed by atoms with Gasteiger partial charge in [-0.2, -0.15) is 11.8 Å². The Balaban J connectivity index is 2.09. The highest BCUT2D eigenvalue weighted by Gasteiger charge is 2.07. The van der Waals surface area contributed by atoms with Crippen molar-refractivity contribution in [3.05, 3.63) is 35.9 Å². The van der Waals surface area contributed by atoms with Crippen molar-refractivity contribution >= 4 is 28.5 Å². The number of hydrogen-bond acceptors (Lipinski definition) is 3. The van der Waals surface area contributed by atoms with E-state index in [0.29, 0.717) is 6.04 Å². The van der Waals surface area contributed by atoms with Gasteiger partial charge in [-0.25, -0.2) is 4.98 Å². The minimum atomic E-state index is 0.464. The van der Waals surface area contributed by atoms with Gasteiger partial charge in [0.2, 0.25) is 0 Å². The smallest absolute Gasteiger partial charge is 0.129 e. The summed E-state index contributed by atoms with van der Waals surface area (Å²) in [6.07, 6.45) is 1.17. The second kappa shape index (κ2) is 6.80. The van der Waals surface area contributed by atoms with E-state index in [0.717, 1.165) is 11.3 Å². The topological polar surface area (TPSA) is 24.9 Å². The second-order valence-electron chi connectivity index (χ2n) is 4.88. The van der Waals surface area contributed by atoms with E-state index in [2.05, 4.69) is 50.4 Å². The molecule has 0 aliphatic heterocycles. The molecule has 0 bridgehead atoms. The van der Waals surface area contributed by atoms with Gasteiger partial charge in [0.1, 0.15) is 5.82 Å². The molecular formula is C16H22N2S. The molecule has 0 fully saturated rings. The molecular weight excluding hydrogens is 252 g/mol. The van der Waals surface area contributed by atoms with Crippen molar-refractivity contribution in [2.24, 2.45) is 0 Å². The maximum absolute atomic E-state index is 4.73. The number of pyridine rings is 1. The molecule has 0 amide bonds. The SMILES string of the molecule is CCSCCC(C)Nc1nc2ccccc2cc1C. The first-order chi connectivity index (χ1) is 9.20. The van der Waals surface area contributed by atoms with E-state index in [-0.39, 0.29) is 0 Å². The second-order valence-corrected chi connectivity index (χ2v) is 6.27. The Kier molecular flexibility index (Phi) is 5.08. The number of anilines is 1. The molecule has 19 heavy (non-hydrogen) atoms. The number of fused-ring (bicyclic) bond motifs is 1. The molecule has 1 N–H and O–H groups in total. The summed E-state index contributed by atoms with van der Waals surface area (Å²) in [4.78, 5) is 4.73. The minimum absolute atomic E-state index is 0.464. The standard InChI is InChI=1S/C16H22N2S/c1-4-19-10-9-13(3)17-16-12(2)11-14-7-5-6-8-15(14)18-16/h5-8,11,13H,4,9-10H2,1-3H3,(H,17,18). The zero-order valence-electron chi connectivity index (χ0n) is 11.9. The zero-order valence-corrected chi connectivity index (χ0v) is 12.8. The van der Waals surface area contributed by atoms with E-state index in [1.165, 1.54) is 28.9 Å². The molecule has 0 radical (unpaired) electrons. The maximum atomic E-state index is 4.73. The lowest BCUT2D eigenvalue weighted by Crippen LogP contribution is -2.17. The highest BCUT2D eigenvalue weighted by Crippen LogP contribution is 2.20. The first-order valence-electron chi connectivity index (χ1n) is 6.91. The van der Waals surface area contributed by atoms with Crippen molar-refractivity contribution in [2.75, 3.05) is 16.8 Å². The van der Waals surface area contributed by atoms with Gasteiger partial charge in [0, 0.05) is 11.4 Å². The normalized spacial score (nSPS) is 12.6. The van der Waals surface area contributed by atoms with Gasteiger partial charge in [-0.05, 0) is 49.5 Å². The first kappa shape index (κ1) is 14.2. The van der Waals surface area contributed by atoms with Crippen LogP contribution < -0.4 is 5.32 Å². The Morgan fingerprint density at radius 1 is 1.32 bits per heavy atom. The van der Waals surface area contributed by atoms with Crippen LogP contribution in [-0.4, -0.2) is 22.5 Å². The number of thioether (sulfide) groups is 1. The number of para-hydroxylation sites is 1. The summed E-state index contributed by atoms with van der Waals surface area (Å²) in [5.74, 6) is 3.42. The number of rotatable bonds is 6. The lowest BCUT2D eigenvalue weighted by Gasteiger charge is -2.16. The number of benzene rings is 1. The van der Waals surface area contributed by atoms with Gasteiger partial charge in [-0.15, -0.1) is 0 Å². The number of nitrogens with zero attached hydrogens (tertiary/aromatic N) is 1. The molecule has 0 saturated heterocycles. The Morgan fingerprint density at radius 2 is 2.11 bits per heavy atom. The van der Waals surface area contributed by atoms with Crippen LogP contribution in [0.15, 0.2) is 30.3 Å². The Labute approximate surface area is 120 Å². The van der Waals surface area contributed by atoms with Crippen LogP contribution in [0.2, 0.25) is 0 Å². The first-order valence-corrected chi connectivity index (χ1v) is 8.07. The van der Waals surface area contributed by atoms with E-state index >= 15 is 0 Å². The summed E-state index contributed by atoms with van der Waals surface area (Å²) in [6.45, 7) is 6.56. The van der Waals surface area contributed by atoms with Crippen molar-refractivity contribution in [1.82, 2.24) is 4.98 Å². The lowest BCUT2D eigenvalue weighted by molar-refractivity contribution is 0.766. The zero-order chi connectivity index (χ0) is 13.7. The Morgan fingerprint density at radius 3 is 2.89 bits per heavy atom. The number of hydrogen-bond donors (Lipinski definition) is 1. The lowest BCUT2D eigenvalue weighted by atomic mass is 10.1. The third-order valence-electron chi connectivity index (χ3n) is 3.20. The number of nitrogens with one attached hydrogen (secondary N) is 1. The van der Waals surface area contributed by atoms with E-state index in [1.54, 1.807) is 0 Å². The van der Waals surface area contributed by atoms with Gasteiger partial charge in [0.15, 0.2) is 0 Å². The summed E-state index contributed by atoms with van der Waals surface area (Å²) in [5, 5.41) is 4.74. The van der Waals surface area contributed by atoms with Crippen molar-refractivity contribution < 1.29 is 0 Å². The summed E-state index contributed by atoms with van der Waals surface area (Å²) >= 11 is 1.99. The molecule has 2 rings (SSSR count). The summed E-state index contributed by atoms with van der Waals surface area (Å²) < 4.78 is 0. The average molecular weight is 274 g/mol. The summed E-state index contributed by atoms with van der Waals surface area (Å²) in [7, 11) is 0. The van der Waals surface area contributed by atoms with Gasteiger partial charge in [-0.3, -0.25) is 0 Å². The van der Waals surface area contributed by atoms with Gasteiger partial charge < -0.3 is 5.32 Å². The maximum Gasteiger partial charge on any atom is 0.129 e. The predicted octanol–water partition coefficient (Wildman–Crippen LogP) is 4.49. The molecule has 1 aromatic carbocycles. The molecule has 102 valence electrons. The monoisotopic (exact) mass is 274 g/mol.